The zero-order valence-electron chi connectivity index (χ0n) is 16.2. The molecule has 0 fully saturated rings. The van der Waals surface area contributed by atoms with E-state index in [1.54, 1.807) is 32.0 Å². The van der Waals surface area contributed by atoms with Gasteiger partial charge in [0.2, 0.25) is 5.91 Å². The van der Waals surface area contributed by atoms with Gasteiger partial charge < -0.3 is 19.5 Å². The number of nitrogens with one attached hydrogen (secondary N) is 1. The van der Waals surface area contributed by atoms with Gasteiger partial charge in [0.05, 0.1) is 30.2 Å². The number of Topliss-reactive ketones (excluding diaryl/α,β-unsaturated/α-hetero) is 1. The van der Waals surface area contributed by atoms with Crippen LogP contribution in [0.15, 0.2) is 30.3 Å². The van der Waals surface area contributed by atoms with Crippen LogP contribution in [0.3, 0.4) is 0 Å². The van der Waals surface area contributed by atoms with Crippen LogP contribution in [-0.4, -0.2) is 38.0 Å². The van der Waals surface area contributed by atoms with Crippen LogP contribution in [0.1, 0.15) is 46.0 Å². The fraction of sp³-hybridized carbons (Fsp3) is 0.286. The second-order valence-corrected chi connectivity index (χ2v) is 6.84. The van der Waals surface area contributed by atoms with Crippen LogP contribution >= 0.6 is 11.6 Å². The number of amides is 1. The molecule has 1 aliphatic rings. The SMILES string of the molecule is CCOc1c(Cl)cc(C(=O)OCC(=O)c2ccc3c(c2)[C@@H](C)C(=O)N3)cc1OC. The van der Waals surface area contributed by atoms with Crippen LogP contribution < -0.4 is 14.8 Å². The third kappa shape index (κ3) is 4.19. The molecule has 0 saturated heterocycles. The summed E-state index contributed by atoms with van der Waals surface area (Å²) in [6, 6.07) is 7.74. The molecule has 0 saturated carbocycles. The average molecular weight is 418 g/mol. The Hall–Kier alpha value is -3.06. The summed E-state index contributed by atoms with van der Waals surface area (Å²) in [5.74, 6) is -0.914. The van der Waals surface area contributed by atoms with Crippen molar-refractivity contribution in [1.82, 2.24) is 0 Å². The first-order valence-electron chi connectivity index (χ1n) is 9.01. The monoisotopic (exact) mass is 417 g/mol. The van der Waals surface area contributed by atoms with Gasteiger partial charge in [0, 0.05) is 11.3 Å². The van der Waals surface area contributed by atoms with Gasteiger partial charge in [0.25, 0.3) is 0 Å². The van der Waals surface area contributed by atoms with Crippen molar-refractivity contribution in [3.63, 3.8) is 0 Å². The van der Waals surface area contributed by atoms with E-state index >= 15 is 0 Å². The average Bonchev–Trinajstić information content (AvgIpc) is 3.00. The molecule has 1 aliphatic heterocycles. The Labute approximate surface area is 172 Å². The molecule has 0 radical (unpaired) electrons. The molecule has 2 aromatic rings. The van der Waals surface area contributed by atoms with Crippen LogP contribution in [0.5, 0.6) is 11.5 Å². The maximum atomic E-state index is 12.4. The van der Waals surface area contributed by atoms with E-state index in [1.165, 1.54) is 19.2 Å². The predicted molar refractivity (Wildman–Crippen MR) is 107 cm³/mol. The molecule has 152 valence electrons. The molecule has 0 bridgehead atoms. The van der Waals surface area contributed by atoms with E-state index in [4.69, 9.17) is 25.8 Å². The zero-order chi connectivity index (χ0) is 21.1. The first kappa shape index (κ1) is 20.7. The summed E-state index contributed by atoms with van der Waals surface area (Å²) in [4.78, 5) is 36.5. The van der Waals surface area contributed by atoms with E-state index in [1.807, 2.05) is 0 Å². The Morgan fingerprint density at radius 1 is 1.17 bits per heavy atom. The lowest BCUT2D eigenvalue weighted by atomic mass is 9.99. The summed E-state index contributed by atoms with van der Waals surface area (Å²) in [6.45, 7) is 3.50. The number of carbonyl (C=O) groups excluding carboxylic acids is 3. The molecule has 8 heteroatoms. The lowest BCUT2D eigenvalue weighted by molar-refractivity contribution is -0.116. The molecule has 1 N–H and O–H groups in total. The summed E-state index contributed by atoms with van der Waals surface area (Å²) < 4.78 is 15.8. The second-order valence-electron chi connectivity index (χ2n) is 6.43. The molecule has 1 atom stereocenters. The number of rotatable bonds is 7. The summed E-state index contributed by atoms with van der Waals surface area (Å²) in [7, 11) is 1.43. The number of carbonyl (C=O) groups is 3. The molecular formula is C21H20ClNO6. The van der Waals surface area contributed by atoms with Crippen molar-refractivity contribution >= 4 is 34.9 Å². The van der Waals surface area contributed by atoms with Crippen molar-refractivity contribution in [2.45, 2.75) is 19.8 Å². The molecule has 0 aromatic heterocycles. The number of methoxy groups -OCH3 is 1. The van der Waals surface area contributed by atoms with Gasteiger partial charge in [-0.1, -0.05) is 11.6 Å². The quantitative estimate of drug-likeness (QED) is 0.543. The maximum absolute atomic E-state index is 12.4. The largest absolute Gasteiger partial charge is 0.493 e. The van der Waals surface area contributed by atoms with E-state index in [9.17, 15) is 14.4 Å². The smallest absolute Gasteiger partial charge is 0.338 e. The third-order valence-corrected chi connectivity index (χ3v) is 4.86. The number of halogens is 1. The highest BCUT2D eigenvalue weighted by Crippen LogP contribution is 2.36. The van der Waals surface area contributed by atoms with Gasteiger partial charge in [-0.25, -0.2) is 4.79 Å². The Morgan fingerprint density at radius 3 is 2.62 bits per heavy atom. The minimum Gasteiger partial charge on any atom is -0.493 e. The Kier molecular flexibility index (Phi) is 6.08. The van der Waals surface area contributed by atoms with Gasteiger partial charge in [-0.2, -0.15) is 0 Å². The lowest BCUT2D eigenvalue weighted by Gasteiger charge is -2.13. The Bertz CT molecular complexity index is 987. The number of ether oxygens (including phenoxy) is 3. The third-order valence-electron chi connectivity index (χ3n) is 4.58. The van der Waals surface area contributed by atoms with E-state index in [2.05, 4.69) is 5.32 Å². The van der Waals surface area contributed by atoms with Crippen molar-refractivity contribution < 1.29 is 28.6 Å². The first-order chi connectivity index (χ1) is 13.8. The fourth-order valence-electron chi connectivity index (χ4n) is 3.01. The van der Waals surface area contributed by atoms with Crippen molar-refractivity contribution in [2.75, 3.05) is 25.6 Å². The number of fused-ring (bicyclic) bond motifs is 1. The topological polar surface area (TPSA) is 90.9 Å². The number of hydrogen-bond acceptors (Lipinski definition) is 6. The molecule has 1 amide bonds. The normalized spacial score (nSPS) is 14.8. The predicted octanol–water partition coefficient (Wildman–Crippen LogP) is 3.84. The fourth-order valence-corrected chi connectivity index (χ4v) is 3.28. The highest BCUT2D eigenvalue weighted by molar-refractivity contribution is 6.32. The van der Waals surface area contributed by atoms with E-state index in [-0.39, 0.29) is 28.2 Å². The minimum atomic E-state index is -0.715. The van der Waals surface area contributed by atoms with Crippen molar-refractivity contribution in [3.05, 3.63) is 52.0 Å². The van der Waals surface area contributed by atoms with E-state index in [0.717, 1.165) is 5.56 Å². The van der Waals surface area contributed by atoms with Crippen LogP contribution in [0.25, 0.3) is 0 Å². The van der Waals surface area contributed by atoms with Gasteiger partial charge in [-0.15, -0.1) is 0 Å². The second kappa shape index (κ2) is 8.53. The van der Waals surface area contributed by atoms with Crippen LogP contribution in [0.2, 0.25) is 5.02 Å². The molecule has 7 nitrogen and oxygen atoms in total. The number of anilines is 1. The van der Waals surface area contributed by atoms with Crippen molar-refractivity contribution in [2.24, 2.45) is 0 Å². The minimum absolute atomic E-state index is 0.114. The Balaban J connectivity index is 1.70. The lowest BCUT2D eigenvalue weighted by Crippen LogP contribution is -2.15. The molecule has 29 heavy (non-hydrogen) atoms. The van der Waals surface area contributed by atoms with Crippen molar-refractivity contribution in [3.8, 4) is 11.5 Å². The molecule has 3 rings (SSSR count). The molecule has 2 aromatic carbocycles. The molecular weight excluding hydrogens is 398 g/mol. The molecule has 0 aliphatic carbocycles. The van der Waals surface area contributed by atoms with Gasteiger partial charge in [-0.3, -0.25) is 9.59 Å². The van der Waals surface area contributed by atoms with Crippen LogP contribution in [0, 0.1) is 0 Å². The highest BCUT2D eigenvalue weighted by atomic mass is 35.5. The number of ketones is 1. The number of benzene rings is 2. The summed E-state index contributed by atoms with van der Waals surface area (Å²) in [5, 5.41) is 2.95. The maximum Gasteiger partial charge on any atom is 0.338 e. The van der Waals surface area contributed by atoms with Crippen LogP contribution in [0.4, 0.5) is 5.69 Å². The summed E-state index contributed by atoms with van der Waals surface area (Å²) >= 11 is 6.16. The van der Waals surface area contributed by atoms with E-state index in [0.29, 0.717) is 29.4 Å². The Morgan fingerprint density at radius 2 is 1.93 bits per heavy atom. The van der Waals surface area contributed by atoms with E-state index < -0.39 is 12.6 Å². The standard InChI is InChI=1S/C21H20ClNO6/c1-4-28-19-15(22)8-13(9-18(19)27-3)21(26)29-10-17(24)12-5-6-16-14(7-12)11(2)20(25)23-16/h5-9,11H,4,10H2,1-3H3,(H,23,25)/t11-/m1/s1. The molecule has 0 unspecified atom stereocenters. The zero-order valence-corrected chi connectivity index (χ0v) is 17.0. The van der Waals surface area contributed by atoms with Gasteiger partial charge >= 0.3 is 5.97 Å². The van der Waals surface area contributed by atoms with Crippen molar-refractivity contribution in [1.29, 1.82) is 0 Å². The highest BCUT2D eigenvalue weighted by Gasteiger charge is 2.27. The number of hydrogen-bond donors (Lipinski definition) is 1. The number of esters is 1. The molecule has 1 heterocycles. The molecule has 0 spiro atoms. The van der Waals surface area contributed by atoms with Gasteiger partial charge in [0.1, 0.15) is 0 Å². The van der Waals surface area contributed by atoms with Crippen LogP contribution in [-0.2, 0) is 9.53 Å². The van der Waals surface area contributed by atoms with Gasteiger partial charge in [0.15, 0.2) is 23.9 Å². The first-order valence-corrected chi connectivity index (χ1v) is 9.39. The van der Waals surface area contributed by atoms with Gasteiger partial charge in [-0.05, 0) is 49.7 Å². The summed E-state index contributed by atoms with van der Waals surface area (Å²) in [6.07, 6.45) is 0. The summed E-state index contributed by atoms with van der Waals surface area (Å²) in [5.41, 5.74) is 1.94.